The van der Waals surface area contributed by atoms with E-state index in [1.54, 1.807) is 13.8 Å². The van der Waals surface area contributed by atoms with Crippen molar-refractivity contribution in [2.24, 2.45) is 5.73 Å². The van der Waals surface area contributed by atoms with Gasteiger partial charge in [0.15, 0.2) is 5.78 Å². The second-order valence-electron chi connectivity index (χ2n) is 4.45. The molecule has 90 valence electrons. The van der Waals surface area contributed by atoms with Crippen molar-refractivity contribution in [3.05, 3.63) is 0 Å². The number of Topliss-reactive ketones (excluding diaryl/α,β-unsaturated/α-hetero) is 1. The van der Waals surface area contributed by atoms with Gasteiger partial charge in [-0.15, -0.1) is 0 Å². The summed E-state index contributed by atoms with van der Waals surface area (Å²) in [5.41, 5.74) is 4.50. The number of carboxylic acids is 1. The lowest BCUT2D eigenvalue weighted by Gasteiger charge is -2.35. The third-order valence-corrected chi connectivity index (χ3v) is 2.92. The molecule has 1 fully saturated rings. The summed E-state index contributed by atoms with van der Waals surface area (Å²) in [7, 11) is 0. The number of carbonyl (C=O) groups is 3. The Morgan fingerprint density at radius 3 is 2.62 bits per heavy atom. The molecule has 6 heteroatoms. The molecule has 1 saturated heterocycles. The maximum absolute atomic E-state index is 11.8. The van der Waals surface area contributed by atoms with Crippen molar-refractivity contribution in [3.8, 4) is 0 Å². The zero-order valence-corrected chi connectivity index (χ0v) is 9.40. The quantitative estimate of drug-likeness (QED) is 0.655. The first-order valence-corrected chi connectivity index (χ1v) is 5.09. The van der Waals surface area contributed by atoms with Crippen LogP contribution in [0, 0.1) is 0 Å². The Balaban J connectivity index is 3.07. The molecule has 0 aromatic heterocycles. The minimum atomic E-state index is -1.15. The average molecular weight is 228 g/mol. The molecule has 0 bridgehead atoms. The molecular formula is C10H16N2O4. The van der Waals surface area contributed by atoms with Crippen LogP contribution in [0.25, 0.3) is 0 Å². The number of rotatable bonds is 2. The maximum Gasteiger partial charge on any atom is 0.323 e. The van der Waals surface area contributed by atoms with Gasteiger partial charge in [-0.05, 0) is 20.3 Å². The fraction of sp³-hybridized carbons (Fsp3) is 0.700. The number of carboxylic acid groups (broad SMARTS) is 1. The predicted octanol–water partition coefficient (Wildman–Crippen LogP) is -0.632. The molecule has 1 atom stereocenters. The molecule has 0 aromatic rings. The first-order valence-electron chi connectivity index (χ1n) is 5.09. The minimum absolute atomic E-state index is 0.157. The molecule has 1 heterocycles. The Morgan fingerprint density at radius 1 is 1.56 bits per heavy atom. The third kappa shape index (κ3) is 2.21. The van der Waals surface area contributed by atoms with Crippen LogP contribution in [-0.2, 0) is 14.4 Å². The molecular weight excluding hydrogens is 212 g/mol. The molecule has 0 unspecified atom stereocenters. The Kier molecular flexibility index (Phi) is 3.32. The van der Waals surface area contributed by atoms with Crippen LogP contribution >= 0.6 is 0 Å². The van der Waals surface area contributed by atoms with Crippen LogP contribution in [0.15, 0.2) is 0 Å². The van der Waals surface area contributed by atoms with E-state index in [0.29, 0.717) is 0 Å². The molecule has 0 aliphatic carbocycles. The molecule has 1 aliphatic rings. The summed E-state index contributed by atoms with van der Waals surface area (Å²) in [5.74, 6) is -1.78. The van der Waals surface area contributed by atoms with Gasteiger partial charge in [-0.2, -0.15) is 0 Å². The van der Waals surface area contributed by atoms with Crippen LogP contribution in [0.1, 0.15) is 26.7 Å². The number of likely N-dealkylation sites (tertiary alicyclic amines) is 1. The summed E-state index contributed by atoms with van der Waals surface area (Å²) in [6, 6.07) is -0.787. The van der Waals surface area contributed by atoms with Crippen LogP contribution in [0.4, 0.5) is 0 Å². The summed E-state index contributed by atoms with van der Waals surface area (Å²) in [6.45, 7) is 2.60. The highest BCUT2D eigenvalue weighted by molar-refractivity contribution is 5.97. The number of nitrogens with two attached hydrogens (primary N) is 1. The van der Waals surface area contributed by atoms with Gasteiger partial charge < -0.3 is 15.7 Å². The molecule has 0 aromatic carbocycles. The number of nitrogens with zero attached hydrogens (tertiary/aromatic N) is 1. The standard InChI is InChI=1S/C10H16N2O4/c1-10(2)7(13)4-3-6(11)9(16)12(10)5-8(14)15/h6H,3-5,11H2,1-2H3,(H,14,15)/t6-/m0/s1. The normalized spacial score (nSPS) is 25.4. The van der Waals surface area contributed by atoms with Crippen molar-refractivity contribution in [2.75, 3.05) is 6.54 Å². The zero-order valence-electron chi connectivity index (χ0n) is 9.40. The van der Waals surface area contributed by atoms with E-state index in [1.165, 1.54) is 0 Å². The topological polar surface area (TPSA) is 101 Å². The third-order valence-electron chi connectivity index (χ3n) is 2.92. The largest absolute Gasteiger partial charge is 0.480 e. The SMILES string of the molecule is CC1(C)C(=O)CC[C@H](N)C(=O)N1CC(=O)O. The van der Waals surface area contributed by atoms with Gasteiger partial charge in [-0.3, -0.25) is 14.4 Å². The van der Waals surface area contributed by atoms with Crippen molar-refractivity contribution < 1.29 is 19.5 Å². The van der Waals surface area contributed by atoms with E-state index >= 15 is 0 Å². The zero-order chi connectivity index (χ0) is 12.5. The van der Waals surface area contributed by atoms with Gasteiger partial charge in [-0.1, -0.05) is 0 Å². The van der Waals surface area contributed by atoms with Crippen molar-refractivity contribution >= 4 is 17.7 Å². The summed E-state index contributed by atoms with van der Waals surface area (Å²) >= 11 is 0. The monoisotopic (exact) mass is 228 g/mol. The van der Waals surface area contributed by atoms with Crippen LogP contribution < -0.4 is 5.73 Å². The average Bonchev–Trinajstić information content (AvgIpc) is 2.24. The maximum atomic E-state index is 11.8. The molecule has 1 rings (SSSR count). The minimum Gasteiger partial charge on any atom is -0.480 e. The number of amides is 1. The van der Waals surface area contributed by atoms with Gasteiger partial charge in [-0.25, -0.2) is 0 Å². The summed E-state index contributed by atoms with van der Waals surface area (Å²) in [6.07, 6.45) is 0.479. The second kappa shape index (κ2) is 4.21. The molecule has 3 N–H and O–H groups in total. The van der Waals surface area contributed by atoms with Gasteiger partial charge >= 0.3 is 5.97 Å². The smallest absolute Gasteiger partial charge is 0.323 e. The molecule has 0 radical (unpaired) electrons. The van der Waals surface area contributed by atoms with Crippen molar-refractivity contribution in [3.63, 3.8) is 0 Å². The molecule has 6 nitrogen and oxygen atoms in total. The van der Waals surface area contributed by atoms with Gasteiger partial charge in [0.25, 0.3) is 0 Å². The molecule has 0 spiro atoms. The second-order valence-corrected chi connectivity index (χ2v) is 4.45. The van der Waals surface area contributed by atoms with E-state index < -0.39 is 30.0 Å². The van der Waals surface area contributed by atoms with E-state index in [4.69, 9.17) is 10.8 Å². The van der Waals surface area contributed by atoms with Crippen LogP contribution in [0.5, 0.6) is 0 Å². The summed E-state index contributed by atoms with van der Waals surface area (Å²) in [4.78, 5) is 35.3. The fourth-order valence-electron chi connectivity index (χ4n) is 1.75. The Bertz CT molecular complexity index is 338. The van der Waals surface area contributed by atoms with E-state index in [0.717, 1.165) is 4.90 Å². The predicted molar refractivity (Wildman–Crippen MR) is 55.6 cm³/mol. The fourth-order valence-corrected chi connectivity index (χ4v) is 1.75. The summed E-state index contributed by atoms with van der Waals surface area (Å²) < 4.78 is 0. The van der Waals surface area contributed by atoms with Crippen LogP contribution in [0.2, 0.25) is 0 Å². The van der Waals surface area contributed by atoms with E-state index in [2.05, 4.69) is 0 Å². The summed E-state index contributed by atoms with van der Waals surface area (Å²) in [5, 5.41) is 8.73. The number of ketones is 1. The number of carbonyl (C=O) groups excluding carboxylic acids is 2. The van der Waals surface area contributed by atoms with Gasteiger partial charge in [0, 0.05) is 6.42 Å². The van der Waals surface area contributed by atoms with E-state index in [9.17, 15) is 14.4 Å². The van der Waals surface area contributed by atoms with E-state index in [-0.39, 0.29) is 18.6 Å². The van der Waals surface area contributed by atoms with Crippen LogP contribution in [0.3, 0.4) is 0 Å². The van der Waals surface area contributed by atoms with Crippen molar-refractivity contribution in [1.82, 2.24) is 4.90 Å². The van der Waals surface area contributed by atoms with Gasteiger partial charge in [0.2, 0.25) is 5.91 Å². The number of hydrogen-bond donors (Lipinski definition) is 2. The lowest BCUT2D eigenvalue weighted by atomic mass is 9.95. The molecule has 0 saturated carbocycles. The van der Waals surface area contributed by atoms with Crippen molar-refractivity contribution in [2.45, 2.75) is 38.3 Å². The first-order chi connectivity index (χ1) is 7.26. The number of aliphatic carboxylic acids is 1. The van der Waals surface area contributed by atoms with Gasteiger partial charge in [0.1, 0.15) is 6.54 Å². The van der Waals surface area contributed by atoms with Crippen LogP contribution in [-0.4, -0.2) is 45.8 Å². The van der Waals surface area contributed by atoms with Crippen molar-refractivity contribution in [1.29, 1.82) is 0 Å². The molecule has 1 aliphatic heterocycles. The Morgan fingerprint density at radius 2 is 2.12 bits per heavy atom. The highest BCUT2D eigenvalue weighted by atomic mass is 16.4. The molecule has 16 heavy (non-hydrogen) atoms. The lowest BCUT2D eigenvalue weighted by Crippen LogP contribution is -2.56. The van der Waals surface area contributed by atoms with Gasteiger partial charge in [0.05, 0.1) is 11.6 Å². The molecule has 1 amide bonds. The highest BCUT2D eigenvalue weighted by Gasteiger charge is 2.42. The highest BCUT2D eigenvalue weighted by Crippen LogP contribution is 2.23. The lowest BCUT2D eigenvalue weighted by molar-refractivity contribution is -0.151. The Hall–Kier alpha value is -1.43. The van der Waals surface area contributed by atoms with E-state index in [1.807, 2.05) is 0 Å². The first kappa shape index (κ1) is 12.6. The number of hydrogen-bond acceptors (Lipinski definition) is 4. The Labute approximate surface area is 93.4 Å².